The number of aryl methyl sites for hydroxylation is 1. The topological polar surface area (TPSA) is 88.9 Å². The quantitative estimate of drug-likeness (QED) is 0.779. The number of rotatable bonds is 5. The first-order valence-corrected chi connectivity index (χ1v) is 8.82. The minimum Gasteiger partial charge on any atom is -0.350 e. The van der Waals surface area contributed by atoms with E-state index in [1.165, 1.54) is 23.9 Å². The highest BCUT2D eigenvalue weighted by atomic mass is 32.2. The number of nitrogens with one attached hydrogen (secondary N) is 2. The van der Waals surface area contributed by atoms with Gasteiger partial charge in [-0.05, 0) is 24.1 Å². The van der Waals surface area contributed by atoms with Crippen LogP contribution in [-0.4, -0.2) is 38.4 Å². The zero-order valence-electron chi connectivity index (χ0n) is 13.6. The number of aromatic nitrogens is 3. The van der Waals surface area contributed by atoms with Crippen LogP contribution in [0.15, 0.2) is 35.7 Å². The summed E-state index contributed by atoms with van der Waals surface area (Å²) >= 11 is 1.28. The van der Waals surface area contributed by atoms with Gasteiger partial charge in [0.15, 0.2) is 5.16 Å². The van der Waals surface area contributed by atoms with E-state index in [2.05, 4.69) is 20.8 Å². The van der Waals surface area contributed by atoms with E-state index in [4.69, 9.17) is 0 Å². The predicted molar refractivity (Wildman–Crippen MR) is 90.2 cm³/mol. The molecule has 0 bridgehead atoms. The fourth-order valence-corrected chi connectivity index (χ4v) is 3.45. The summed E-state index contributed by atoms with van der Waals surface area (Å²) in [4.78, 5) is 24.0. The maximum Gasteiger partial charge on any atom is 0.230 e. The van der Waals surface area contributed by atoms with Gasteiger partial charge in [0.05, 0.1) is 17.8 Å². The SMILES string of the molecule is Cn1cnnc1SCC(=O)NC1CCC(=O)NC1c1cccc(F)c1. The summed E-state index contributed by atoms with van der Waals surface area (Å²) in [7, 11) is 1.80. The molecule has 1 saturated heterocycles. The lowest BCUT2D eigenvalue weighted by atomic mass is 9.92. The molecule has 1 fully saturated rings. The molecular formula is C16H18FN5O2S. The molecule has 0 spiro atoms. The molecule has 9 heteroatoms. The van der Waals surface area contributed by atoms with Crippen molar-refractivity contribution in [3.63, 3.8) is 0 Å². The number of halogens is 1. The summed E-state index contributed by atoms with van der Waals surface area (Å²) in [6.45, 7) is 0. The highest BCUT2D eigenvalue weighted by Crippen LogP contribution is 2.25. The van der Waals surface area contributed by atoms with Gasteiger partial charge in [0, 0.05) is 13.5 Å². The van der Waals surface area contributed by atoms with Gasteiger partial charge in [0.1, 0.15) is 12.1 Å². The highest BCUT2D eigenvalue weighted by Gasteiger charge is 2.31. The molecule has 2 N–H and O–H groups in total. The van der Waals surface area contributed by atoms with Crippen molar-refractivity contribution in [3.05, 3.63) is 42.0 Å². The van der Waals surface area contributed by atoms with Crippen LogP contribution in [-0.2, 0) is 16.6 Å². The summed E-state index contributed by atoms with van der Waals surface area (Å²) in [6.07, 6.45) is 2.40. The van der Waals surface area contributed by atoms with E-state index >= 15 is 0 Å². The van der Waals surface area contributed by atoms with Crippen molar-refractivity contribution >= 4 is 23.6 Å². The van der Waals surface area contributed by atoms with Crippen LogP contribution < -0.4 is 10.6 Å². The Bertz CT molecular complexity index is 781. The highest BCUT2D eigenvalue weighted by molar-refractivity contribution is 7.99. The second-order valence-electron chi connectivity index (χ2n) is 5.83. The molecule has 1 aliphatic rings. The first-order valence-electron chi connectivity index (χ1n) is 7.84. The number of hydrogen-bond acceptors (Lipinski definition) is 5. The van der Waals surface area contributed by atoms with Crippen molar-refractivity contribution in [2.45, 2.75) is 30.1 Å². The van der Waals surface area contributed by atoms with Crippen LogP contribution in [0.5, 0.6) is 0 Å². The van der Waals surface area contributed by atoms with Gasteiger partial charge in [-0.15, -0.1) is 10.2 Å². The Kier molecular flexibility index (Phi) is 5.32. The molecule has 0 radical (unpaired) electrons. The monoisotopic (exact) mass is 363 g/mol. The van der Waals surface area contributed by atoms with Crippen molar-refractivity contribution in [2.24, 2.45) is 7.05 Å². The molecule has 132 valence electrons. The van der Waals surface area contributed by atoms with E-state index in [-0.39, 0.29) is 29.4 Å². The summed E-state index contributed by atoms with van der Waals surface area (Å²) in [6, 6.07) is 5.33. The van der Waals surface area contributed by atoms with Crippen molar-refractivity contribution in [1.82, 2.24) is 25.4 Å². The van der Waals surface area contributed by atoms with Gasteiger partial charge in [-0.3, -0.25) is 9.59 Å². The lowest BCUT2D eigenvalue weighted by Gasteiger charge is -2.33. The Labute approximate surface area is 148 Å². The Balaban J connectivity index is 1.65. The summed E-state index contributed by atoms with van der Waals surface area (Å²) < 4.78 is 15.2. The third-order valence-electron chi connectivity index (χ3n) is 3.96. The third-order valence-corrected chi connectivity index (χ3v) is 4.99. The summed E-state index contributed by atoms with van der Waals surface area (Å²) in [5.74, 6) is -0.462. The number of hydrogen-bond donors (Lipinski definition) is 2. The number of benzene rings is 1. The molecule has 1 aliphatic heterocycles. The smallest absolute Gasteiger partial charge is 0.230 e. The van der Waals surface area contributed by atoms with Crippen LogP contribution >= 0.6 is 11.8 Å². The van der Waals surface area contributed by atoms with Gasteiger partial charge in [-0.25, -0.2) is 4.39 Å². The molecule has 0 saturated carbocycles. The number of thioether (sulfide) groups is 1. The predicted octanol–water partition coefficient (Wildman–Crippen LogP) is 1.18. The molecule has 1 aromatic carbocycles. The summed E-state index contributed by atoms with van der Waals surface area (Å²) in [5, 5.41) is 14.1. The fraction of sp³-hybridized carbons (Fsp3) is 0.375. The molecule has 2 atom stereocenters. The second kappa shape index (κ2) is 7.64. The standard InChI is InChI=1S/C16H18FN5O2S/c1-22-9-18-21-16(22)25-8-14(24)19-12-5-6-13(23)20-15(12)10-3-2-4-11(17)7-10/h2-4,7,9,12,15H,5-6,8H2,1H3,(H,19,24)(H,20,23). The zero-order valence-corrected chi connectivity index (χ0v) is 14.4. The summed E-state index contributed by atoms with van der Waals surface area (Å²) in [5.41, 5.74) is 0.638. The maximum absolute atomic E-state index is 13.5. The van der Waals surface area contributed by atoms with Crippen LogP contribution in [0.4, 0.5) is 4.39 Å². The molecule has 2 heterocycles. The van der Waals surface area contributed by atoms with Crippen LogP contribution in [0.3, 0.4) is 0 Å². The van der Waals surface area contributed by atoms with E-state index in [1.807, 2.05) is 0 Å². The molecule has 1 aromatic heterocycles. The molecule has 2 amide bonds. The second-order valence-corrected chi connectivity index (χ2v) is 6.77. The number of amides is 2. The Hall–Kier alpha value is -2.42. The first kappa shape index (κ1) is 17.4. The molecule has 7 nitrogen and oxygen atoms in total. The Morgan fingerprint density at radius 2 is 2.36 bits per heavy atom. The third kappa shape index (κ3) is 4.36. The van der Waals surface area contributed by atoms with E-state index in [1.54, 1.807) is 30.1 Å². The molecule has 25 heavy (non-hydrogen) atoms. The Morgan fingerprint density at radius 3 is 3.08 bits per heavy atom. The fourth-order valence-electron chi connectivity index (χ4n) is 2.75. The maximum atomic E-state index is 13.5. The average Bonchev–Trinajstić information content (AvgIpc) is 3.00. The average molecular weight is 363 g/mol. The van der Waals surface area contributed by atoms with Gasteiger partial charge in [0.25, 0.3) is 0 Å². The molecule has 2 unspecified atom stereocenters. The lowest BCUT2D eigenvalue weighted by Crippen LogP contribution is -2.50. The van der Waals surface area contributed by atoms with Gasteiger partial charge >= 0.3 is 0 Å². The first-order chi connectivity index (χ1) is 12.0. The van der Waals surface area contributed by atoms with E-state index in [9.17, 15) is 14.0 Å². The van der Waals surface area contributed by atoms with Crippen LogP contribution in [0.1, 0.15) is 24.4 Å². The van der Waals surface area contributed by atoms with E-state index in [0.29, 0.717) is 23.6 Å². The minimum absolute atomic E-state index is 0.104. The van der Waals surface area contributed by atoms with Crippen LogP contribution in [0, 0.1) is 5.82 Å². The van der Waals surface area contributed by atoms with Crippen molar-refractivity contribution < 1.29 is 14.0 Å². The number of nitrogens with zero attached hydrogens (tertiary/aromatic N) is 3. The van der Waals surface area contributed by atoms with Crippen molar-refractivity contribution in [2.75, 3.05) is 5.75 Å². The van der Waals surface area contributed by atoms with Crippen molar-refractivity contribution in [1.29, 1.82) is 0 Å². The largest absolute Gasteiger partial charge is 0.350 e. The van der Waals surface area contributed by atoms with E-state index in [0.717, 1.165) is 0 Å². The van der Waals surface area contributed by atoms with Gasteiger partial charge < -0.3 is 15.2 Å². The lowest BCUT2D eigenvalue weighted by molar-refractivity contribution is -0.126. The van der Waals surface area contributed by atoms with Gasteiger partial charge in [-0.1, -0.05) is 23.9 Å². The number of piperidine rings is 1. The van der Waals surface area contributed by atoms with Gasteiger partial charge in [0.2, 0.25) is 11.8 Å². The van der Waals surface area contributed by atoms with Crippen LogP contribution in [0.2, 0.25) is 0 Å². The normalized spacial score (nSPS) is 20.2. The van der Waals surface area contributed by atoms with Crippen molar-refractivity contribution in [3.8, 4) is 0 Å². The zero-order chi connectivity index (χ0) is 17.8. The van der Waals surface area contributed by atoms with Gasteiger partial charge in [-0.2, -0.15) is 0 Å². The minimum atomic E-state index is -0.444. The number of carbonyl (C=O) groups excluding carboxylic acids is 2. The molecular weight excluding hydrogens is 345 g/mol. The molecule has 3 rings (SSSR count). The molecule has 0 aliphatic carbocycles. The Morgan fingerprint density at radius 1 is 1.52 bits per heavy atom. The van der Waals surface area contributed by atoms with Crippen LogP contribution in [0.25, 0.3) is 0 Å². The van der Waals surface area contributed by atoms with E-state index < -0.39 is 6.04 Å². The number of carbonyl (C=O) groups is 2. The molecule has 2 aromatic rings.